The van der Waals surface area contributed by atoms with E-state index in [1.54, 1.807) is 0 Å². The van der Waals surface area contributed by atoms with Gasteiger partial charge in [0.2, 0.25) is 5.90 Å². The van der Waals surface area contributed by atoms with Crippen molar-refractivity contribution in [2.24, 2.45) is 10.9 Å². The molecule has 1 heterocycles. The molecular formula is C29H30N2O3. The van der Waals surface area contributed by atoms with Gasteiger partial charge in [0.05, 0.1) is 6.04 Å². The fraction of sp³-hybridized carbons (Fsp3) is 0.310. The fourth-order valence-electron chi connectivity index (χ4n) is 4.77. The number of hydrogen-bond donors (Lipinski definition) is 1. The van der Waals surface area contributed by atoms with Crippen LogP contribution in [0.25, 0.3) is 11.1 Å². The first-order chi connectivity index (χ1) is 16.6. The summed E-state index contributed by atoms with van der Waals surface area (Å²) in [5, 5.41) is 3.02. The molecule has 5 heteroatoms. The quantitative estimate of drug-likeness (QED) is 0.506. The molecule has 2 atom stereocenters. The lowest BCUT2D eigenvalue weighted by Crippen LogP contribution is -2.43. The Morgan fingerprint density at radius 2 is 1.59 bits per heavy atom. The normalized spacial score (nSPS) is 17.5. The summed E-state index contributed by atoms with van der Waals surface area (Å²) in [6.07, 6.45) is 0.136. The molecule has 0 unspecified atom stereocenters. The maximum Gasteiger partial charge on any atom is 0.407 e. The maximum atomic E-state index is 13.0. The number of aliphatic imine (C=N–C) groups is 1. The monoisotopic (exact) mass is 454 g/mol. The van der Waals surface area contributed by atoms with Crippen LogP contribution in [0.15, 0.2) is 83.9 Å². The van der Waals surface area contributed by atoms with Crippen molar-refractivity contribution in [2.45, 2.75) is 38.3 Å². The van der Waals surface area contributed by atoms with Crippen molar-refractivity contribution in [3.8, 4) is 11.1 Å². The number of amides is 1. The molecule has 174 valence electrons. The molecule has 0 saturated heterocycles. The number of hydrogen-bond acceptors (Lipinski definition) is 4. The molecule has 0 fully saturated rings. The minimum absolute atomic E-state index is 0.0242. The Kier molecular flexibility index (Phi) is 6.35. The van der Waals surface area contributed by atoms with E-state index < -0.39 is 6.09 Å². The first kappa shape index (κ1) is 22.2. The predicted octanol–water partition coefficient (Wildman–Crippen LogP) is 5.59. The summed E-state index contributed by atoms with van der Waals surface area (Å²) in [7, 11) is 0. The Bertz CT molecular complexity index is 1140. The van der Waals surface area contributed by atoms with Crippen LogP contribution in [0.3, 0.4) is 0 Å². The number of carbonyl (C=O) groups excluding carboxylic acids is 1. The third-order valence-electron chi connectivity index (χ3n) is 6.68. The van der Waals surface area contributed by atoms with Gasteiger partial charge in [0.15, 0.2) is 0 Å². The average molecular weight is 455 g/mol. The number of nitrogens with one attached hydrogen (secondary N) is 1. The molecule has 1 amide bonds. The van der Waals surface area contributed by atoms with Crippen LogP contribution in [0.5, 0.6) is 0 Å². The molecular weight excluding hydrogens is 424 g/mol. The summed E-state index contributed by atoms with van der Waals surface area (Å²) in [6, 6.07) is 26.5. The SMILES string of the molecule is CC(C)[C@H]1COC([C@H](Cc2ccccc2)NC(=O)OCC2c3ccccc3-c3ccccc32)=N1. The van der Waals surface area contributed by atoms with Gasteiger partial charge in [-0.15, -0.1) is 0 Å². The van der Waals surface area contributed by atoms with Gasteiger partial charge >= 0.3 is 6.09 Å². The molecule has 5 nitrogen and oxygen atoms in total. The number of nitrogens with zero attached hydrogens (tertiary/aromatic N) is 1. The number of benzene rings is 3. The number of carbonyl (C=O) groups is 1. The van der Waals surface area contributed by atoms with Crippen LogP contribution in [-0.2, 0) is 15.9 Å². The van der Waals surface area contributed by atoms with Gasteiger partial charge in [0.25, 0.3) is 0 Å². The zero-order valence-corrected chi connectivity index (χ0v) is 19.6. The van der Waals surface area contributed by atoms with Crippen molar-refractivity contribution in [2.75, 3.05) is 13.2 Å². The second-order valence-electron chi connectivity index (χ2n) is 9.30. The van der Waals surface area contributed by atoms with E-state index in [-0.39, 0.29) is 24.6 Å². The van der Waals surface area contributed by atoms with E-state index in [2.05, 4.69) is 43.4 Å². The summed E-state index contributed by atoms with van der Waals surface area (Å²) in [6.45, 7) is 5.09. The molecule has 1 aliphatic heterocycles. The van der Waals surface area contributed by atoms with Crippen LogP contribution in [0.4, 0.5) is 4.79 Å². The third-order valence-corrected chi connectivity index (χ3v) is 6.68. The van der Waals surface area contributed by atoms with E-state index in [0.29, 0.717) is 24.8 Å². The summed E-state index contributed by atoms with van der Waals surface area (Å²) in [5.41, 5.74) is 5.91. The van der Waals surface area contributed by atoms with E-state index >= 15 is 0 Å². The Morgan fingerprint density at radius 3 is 2.21 bits per heavy atom. The highest BCUT2D eigenvalue weighted by Gasteiger charge is 2.31. The maximum absolute atomic E-state index is 13.0. The molecule has 0 aromatic heterocycles. The Labute approximate surface area is 200 Å². The predicted molar refractivity (Wildman–Crippen MR) is 134 cm³/mol. The third kappa shape index (κ3) is 4.56. The van der Waals surface area contributed by atoms with Crippen molar-refractivity contribution in [3.63, 3.8) is 0 Å². The highest BCUT2D eigenvalue weighted by atomic mass is 16.5. The second-order valence-corrected chi connectivity index (χ2v) is 9.30. The first-order valence-corrected chi connectivity index (χ1v) is 12.0. The van der Waals surface area contributed by atoms with E-state index in [1.807, 2.05) is 54.6 Å². The van der Waals surface area contributed by atoms with Gasteiger partial charge in [-0.2, -0.15) is 0 Å². The average Bonchev–Trinajstić information content (AvgIpc) is 3.47. The van der Waals surface area contributed by atoms with Crippen molar-refractivity contribution >= 4 is 12.0 Å². The number of alkyl carbamates (subject to hydrolysis) is 1. The van der Waals surface area contributed by atoms with E-state index in [9.17, 15) is 4.79 Å². The van der Waals surface area contributed by atoms with Crippen LogP contribution in [0, 0.1) is 5.92 Å². The topological polar surface area (TPSA) is 59.9 Å². The largest absolute Gasteiger partial charge is 0.477 e. The van der Waals surface area contributed by atoms with Crippen LogP contribution >= 0.6 is 0 Å². The van der Waals surface area contributed by atoms with Gasteiger partial charge in [-0.3, -0.25) is 0 Å². The minimum atomic E-state index is -0.456. The molecule has 5 rings (SSSR count). The lowest BCUT2D eigenvalue weighted by molar-refractivity contribution is 0.140. The molecule has 0 spiro atoms. The summed E-state index contributed by atoms with van der Waals surface area (Å²) >= 11 is 0. The highest BCUT2D eigenvalue weighted by Crippen LogP contribution is 2.44. The Hall–Kier alpha value is -3.60. The lowest BCUT2D eigenvalue weighted by atomic mass is 9.98. The van der Waals surface area contributed by atoms with E-state index in [1.165, 1.54) is 22.3 Å². The van der Waals surface area contributed by atoms with E-state index in [4.69, 9.17) is 14.5 Å². The van der Waals surface area contributed by atoms with Gasteiger partial charge in [-0.05, 0) is 33.7 Å². The number of rotatable bonds is 7. The standard InChI is InChI=1S/C29H30N2O3/c1-19(2)27-18-33-28(30-27)26(16-20-10-4-3-5-11-20)31-29(32)34-17-25-23-14-8-6-12-21(23)22-13-7-9-15-24(22)25/h3-15,19,25-27H,16-18H2,1-2H3,(H,31,32)/t26-,27+/m0/s1. The van der Waals surface area contributed by atoms with Crippen molar-refractivity contribution in [1.82, 2.24) is 5.32 Å². The molecule has 34 heavy (non-hydrogen) atoms. The fourth-order valence-corrected chi connectivity index (χ4v) is 4.77. The second kappa shape index (κ2) is 9.72. The highest BCUT2D eigenvalue weighted by molar-refractivity contribution is 5.87. The molecule has 1 N–H and O–H groups in total. The molecule has 0 saturated carbocycles. The minimum Gasteiger partial charge on any atom is -0.477 e. The molecule has 1 aliphatic carbocycles. The molecule has 3 aromatic carbocycles. The first-order valence-electron chi connectivity index (χ1n) is 12.0. The van der Waals surface area contributed by atoms with Crippen molar-refractivity contribution in [1.29, 1.82) is 0 Å². The van der Waals surface area contributed by atoms with Crippen LogP contribution in [0.1, 0.15) is 36.5 Å². The summed E-state index contributed by atoms with van der Waals surface area (Å²) < 4.78 is 11.7. The Morgan fingerprint density at radius 1 is 0.971 bits per heavy atom. The van der Waals surface area contributed by atoms with Gasteiger partial charge in [-0.1, -0.05) is 92.7 Å². The summed E-state index contributed by atoms with van der Waals surface area (Å²) in [5.74, 6) is 0.983. The zero-order valence-electron chi connectivity index (χ0n) is 19.6. The van der Waals surface area contributed by atoms with E-state index in [0.717, 1.165) is 5.56 Å². The van der Waals surface area contributed by atoms with Gasteiger partial charge in [0.1, 0.15) is 19.3 Å². The van der Waals surface area contributed by atoms with Gasteiger partial charge in [-0.25, -0.2) is 9.79 Å². The van der Waals surface area contributed by atoms with Crippen LogP contribution in [-0.4, -0.2) is 37.3 Å². The smallest absolute Gasteiger partial charge is 0.407 e. The molecule has 2 aliphatic rings. The lowest BCUT2D eigenvalue weighted by Gasteiger charge is -2.20. The molecule has 0 radical (unpaired) electrons. The van der Waals surface area contributed by atoms with Crippen molar-refractivity contribution in [3.05, 3.63) is 95.6 Å². The summed E-state index contributed by atoms with van der Waals surface area (Å²) in [4.78, 5) is 17.7. The molecule has 0 bridgehead atoms. The van der Waals surface area contributed by atoms with Gasteiger partial charge < -0.3 is 14.8 Å². The number of fused-ring (bicyclic) bond motifs is 3. The molecule has 3 aromatic rings. The van der Waals surface area contributed by atoms with Gasteiger partial charge in [0, 0.05) is 12.3 Å². The van der Waals surface area contributed by atoms with Crippen LogP contribution < -0.4 is 5.32 Å². The number of ether oxygens (including phenoxy) is 2. The van der Waals surface area contributed by atoms with Crippen molar-refractivity contribution < 1.29 is 14.3 Å². The zero-order chi connectivity index (χ0) is 23.5. The van der Waals surface area contributed by atoms with Crippen LogP contribution in [0.2, 0.25) is 0 Å². The Balaban J connectivity index is 1.30.